The summed E-state index contributed by atoms with van der Waals surface area (Å²) in [6.07, 6.45) is 1.53. The van der Waals surface area contributed by atoms with Crippen molar-refractivity contribution in [2.24, 2.45) is 0 Å². The lowest BCUT2D eigenvalue weighted by Gasteiger charge is -2.16. The Kier molecular flexibility index (Phi) is 3.37. The van der Waals surface area contributed by atoms with Gasteiger partial charge in [-0.3, -0.25) is 4.79 Å². The van der Waals surface area contributed by atoms with Crippen LogP contribution in [0.3, 0.4) is 0 Å². The lowest BCUT2D eigenvalue weighted by molar-refractivity contribution is 0.0752. The lowest BCUT2D eigenvalue weighted by Crippen LogP contribution is -2.26. The number of hydrogen-bond donors (Lipinski definition) is 1. The van der Waals surface area contributed by atoms with Crippen LogP contribution in [-0.2, 0) is 6.54 Å². The molecule has 0 saturated heterocycles. The third kappa shape index (κ3) is 2.53. The minimum atomic E-state index is -0.116. The number of rotatable bonds is 3. The summed E-state index contributed by atoms with van der Waals surface area (Å²) in [6, 6.07) is 9.25. The zero-order valence-corrected chi connectivity index (χ0v) is 10.5. The van der Waals surface area contributed by atoms with Crippen LogP contribution in [0.2, 0.25) is 0 Å². The maximum absolute atomic E-state index is 12.1. The van der Waals surface area contributed by atoms with Gasteiger partial charge in [-0.05, 0) is 30.7 Å². The van der Waals surface area contributed by atoms with Crippen LogP contribution >= 0.6 is 0 Å². The molecule has 0 spiro atoms. The molecule has 0 aliphatic heterocycles. The van der Waals surface area contributed by atoms with E-state index >= 15 is 0 Å². The van der Waals surface area contributed by atoms with Crippen LogP contribution in [0.4, 0.5) is 5.69 Å². The van der Waals surface area contributed by atoms with Gasteiger partial charge in [0.25, 0.3) is 5.91 Å². The van der Waals surface area contributed by atoms with E-state index in [9.17, 15) is 4.79 Å². The number of nitrogen functional groups attached to an aromatic ring is 1. The van der Waals surface area contributed by atoms with Crippen LogP contribution in [0, 0.1) is 6.92 Å². The normalized spacial score (nSPS) is 10.3. The summed E-state index contributed by atoms with van der Waals surface area (Å²) >= 11 is 0. The first-order valence-electron chi connectivity index (χ1n) is 5.72. The number of carbonyl (C=O) groups is 1. The van der Waals surface area contributed by atoms with E-state index in [2.05, 4.69) is 0 Å². The molecule has 1 heterocycles. The van der Waals surface area contributed by atoms with E-state index in [1.165, 1.54) is 6.26 Å². The number of nitrogens with zero attached hydrogens (tertiary/aromatic N) is 1. The van der Waals surface area contributed by atoms with Crippen LogP contribution in [0.25, 0.3) is 0 Å². The Morgan fingerprint density at radius 3 is 2.50 bits per heavy atom. The summed E-state index contributed by atoms with van der Waals surface area (Å²) in [5, 5.41) is 0. The van der Waals surface area contributed by atoms with Crippen LogP contribution < -0.4 is 5.73 Å². The molecule has 0 bridgehead atoms. The van der Waals surface area contributed by atoms with Gasteiger partial charge < -0.3 is 15.1 Å². The largest absolute Gasteiger partial charge is 0.459 e. The molecule has 94 valence electrons. The van der Waals surface area contributed by atoms with Crippen molar-refractivity contribution in [1.29, 1.82) is 0 Å². The molecule has 0 aliphatic rings. The van der Waals surface area contributed by atoms with Gasteiger partial charge in [0.2, 0.25) is 0 Å². The Bertz CT molecular complexity index is 543. The van der Waals surface area contributed by atoms with Crippen LogP contribution in [0.15, 0.2) is 41.0 Å². The second kappa shape index (κ2) is 4.96. The number of nitrogens with two attached hydrogens (primary N) is 1. The van der Waals surface area contributed by atoms with E-state index in [1.54, 1.807) is 18.0 Å². The first kappa shape index (κ1) is 12.2. The van der Waals surface area contributed by atoms with Gasteiger partial charge >= 0.3 is 0 Å². The minimum Gasteiger partial charge on any atom is -0.459 e. The Balaban J connectivity index is 2.08. The molecule has 0 aliphatic carbocycles. The molecule has 4 heteroatoms. The highest BCUT2D eigenvalue weighted by atomic mass is 16.3. The van der Waals surface area contributed by atoms with Crippen molar-refractivity contribution < 1.29 is 9.21 Å². The molecule has 18 heavy (non-hydrogen) atoms. The molecule has 0 atom stereocenters. The van der Waals surface area contributed by atoms with Crippen molar-refractivity contribution in [3.63, 3.8) is 0 Å². The van der Waals surface area contributed by atoms with Gasteiger partial charge in [-0.25, -0.2) is 0 Å². The fourth-order valence-electron chi connectivity index (χ4n) is 1.73. The maximum atomic E-state index is 12.1. The van der Waals surface area contributed by atoms with Crippen molar-refractivity contribution in [2.45, 2.75) is 13.5 Å². The molecule has 2 aromatic rings. The number of carbonyl (C=O) groups excluding carboxylic acids is 1. The molecule has 0 saturated carbocycles. The molecule has 4 nitrogen and oxygen atoms in total. The number of hydrogen-bond acceptors (Lipinski definition) is 3. The predicted octanol–water partition coefficient (Wildman–Crippen LogP) is 2.44. The maximum Gasteiger partial charge on any atom is 0.289 e. The number of amides is 1. The Labute approximate surface area is 106 Å². The zero-order chi connectivity index (χ0) is 13.1. The van der Waals surface area contributed by atoms with Crippen molar-refractivity contribution in [3.8, 4) is 0 Å². The highest BCUT2D eigenvalue weighted by Gasteiger charge is 2.17. The standard InChI is InChI=1S/C14H16N2O2/c1-10-7-8-18-13(10)14(17)16(2)9-11-3-5-12(15)6-4-11/h3-8H,9,15H2,1-2H3. The SMILES string of the molecule is Cc1ccoc1C(=O)N(C)Cc1ccc(N)cc1. The van der Waals surface area contributed by atoms with Crippen molar-refractivity contribution in [3.05, 3.63) is 53.5 Å². The summed E-state index contributed by atoms with van der Waals surface area (Å²) in [5.41, 5.74) is 8.22. The van der Waals surface area contributed by atoms with Gasteiger partial charge in [0.15, 0.2) is 5.76 Å². The molecule has 1 aromatic heterocycles. The summed E-state index contributed by atoms with van der Waals surface area (Å²) in [5.74, 6) is 0.280. The van der Waals surface area contributed by atoms with Gasteiger partial charge in [0, 0.05) is 24.8 Å². The van der Waals surface area contributed by atoms with Gasteiger partial charge in [-0.1, -0.05) is 12.1 Å². The molecule has 0 unspecified atom stereocenters. The molecule has 2 rings (SSSR count). The second-order valence-corrected chi connectivity index (χ2v) is 4.34. The smallest absolute Gasteiger partial charge is 0.289 e. The molecule has 0 radical (unpaired) electrons. The summed E-state index contributed by atoms with van der Waals surface area (Å²) in [4.78, 5) is 13.7. The van der Waals surface area contributed by atoms with E-state index in [0.717, 1.165) is 16.8 Å². The average Bonchev–Trinajstić information content (AvgIpc) is 2.77. The van der Waals surface area contributed by atoms with Crippen molar-refractivity contribution in [1.82, 2.24) is 4.90 Å². The summed E-state index contributed by atoms with van der Waals surface area (Å²) in [6.45, 7) is 2.38. The predicted molar refractivity (Wildman–Crippen MR) is 70.1 cm³/mol. The second-order valence-electron chi connectivity index (χ2n) is 4.34. The van der Waals surface area contributed by atoms with E-state index in [0.29, 0.717) is 12.3 Å². The molecular formula is C14H16N2O2. The minimum absolute atomic E-state index is 0.116. The topological polar surface area (TPSA) is 59.5 Å². The fraction of sp³-hybridized carbons (Fsp3) is 0.214. The van der Waals surface area contributed by atoms with Crippen molar-refractivity contribution in [2.75, 3.05) is 12.8 Å². The number of benzene rings is 1. The third-order valence-electron chi connectivity index (χ3n) is 2.80. The average molecular weight is 244 g/mol. The molecule has 1 amide bonds. The molecule has 1 aromatic carbocycles. The van der Waals surface area contributed by atoms with Crippen LogP contribution in [-0.4, -0.2) is 17.9 Å². The Morgan fingerprint density at radius 1 is 1.28 bits per heavy atom. The van der Waals surface area contributed by atoms with Crippen molar-refractivity contribution >= 4 is 11.6 Å². The van der Waals surface area contributed by atoms with Gasteiger partial charge in [0.1, 0.15) is 0 Å². The summed E-state index contributed by atoms with van der Waals surface area (Å²) in [7, 11) is 1.75. The lowest BCUT2D eigenvalue weighted by atomic mass is 10.2. The third-order valence-corrected chi connectivity index (χ3v) is 2.80. The van der Waals surface area contributed by atoms with Gasteiger partial charge in [-0.15, -0.1) is 0 Å². The first-order valence-corrected chi connectivity index (χ1v) is 5.72. The van der Waals surface area contributed by atoms with E-state index in [4.69, 9.17) is 10.2 Å². The Morgan fingerprint density at radius 2 is 1.94 bits per heavy atom. The van der Waals surface area contributed by atoms with Gasteiger partial charge in [0.05, 0.1) is 6.26 Å². The quantitative estimate of drug-likeness (QED) is 0.844. The van der Waals surface area contributed by atoms with Crippen LogP contribution in [0.1, 0.15) is 21.7 Å². The molecular weight excluding hydrogens is 228 g/mol. The number of furan rings is 1. The number of aryl methyl sites for hydroxylation is 1. The summed E-state index contributed by atoms with van der Waals surface area (Å²) < 4.78 is 5.19. The van der Waals surface area contributed by atoms with E-state index in [-0.39, 0.29) is 5.91 Å². The molecule has 2 N–H and O–H groups in total. The van der Waals surface area contributed by atoms with Gasteiger partial charge in [-0.2, -0.15) is 0 Å². The highest BCUT2D eigenvalue weighted by Crippen LogP contribution is 2.14. The highest BCUT2D eigenvalue weighted by molar-refractivity contribution is 5.92. The van der Waals surface area contributed by atoms with E-state index < -0.39 is 0 Å². The Hall–Kier alpha value is -2.23. The fourth-order valence-corrected chi connectivity index (χ4v) is 1.73. The monoisotopic (exact) mass is 244 g/mol. The first-order chi connectivity index (χ1) is 8.58. The number of anilines is 1. The zero-order valence-electron chi connectivity index (χ0n) is 10.5. The molecule has 0 fully saturated rings. The van der Waals surface area contributed by atoms with E-state index in [1.807, 2.05) is 31.2 Å². The van der Waals surface area contributed by atoms with Crippen LogP contribution in [0.5, 0.6) is 0 Å².